The Labute approximate surface area is 335 Å². The third-order valence-corrected chi connectivity index (χ3v) is 8.13. The van der Waals surface area contributed by atoms with Gasteiger partial charge in [0.25, 0.3) is 0 Å². The molecule has 0 spiro atoms. The summed E-state index contributed by atoms with van der Waals surface area (Å²) in [5.41, 5.74) is 0. The lowest BCUT2D eigenvalue weighted by atomic mass is 10.1. The van der Waals surface area contributed by atoms with E-state index in [1.54, 1.807) is 0 Å². The minimum absolute atomic E-state index is 0.122. The maximum Gasteiger partial charge on any atom is 0.306 e. The van der Waals surface area contributed by atoms with E-state index in [4.69, 9.17) is 14.2 Å². The number of unbranched alkanes of at least 4 members (excludes halogenated alkanes) is 10. The van der Waals surface area contributed by atoms with E-state index in [1.807, 2.05) is 54.7 Å². The van der Waals surface area contributed by atoms with Gasteiger partial charge < -0.3 is 14.2 Å². The van der Waals surface area contributed by atoms with E-state index in [-0.39, 0.29) is 37.5 Å². The molecule has 0 saturated carbocycles. The summed E-state index contributed by atoms with van der Waals surface area (Å²) in [5.74, 6) is -1.04. The van der Waals surface area contributed by atoms with Crippen LogP contribution >= 0.6 is 0 Å². The number of carbonyl (C=O) groups is 3. The van der Waals surface area contributed by atoms with Crippen molar-refractivity contribution in [3.8, 4) is 0 Å². The van der Waals surface area contributed by atoms with Crippen LogP contribution in [0.15, 0.2) is 122 Å². The number of ether oxygens (including phenoxy) is 3. The van der Waals surface area contributed by atoms with Gasteiger partial charge in [-0.25, -0.2) is 0 Å². The van der Waals surface area contributed by atoms with Crippen LogP contribution in [0.25, 0.3) is 0 Å². The maximum absolute atomic E-state index is 12.7. The number of rotatable bonds is 35. The Morgan fingerprint density at radius 1 is 0.382 bits per heavy atom. The molecule has 0 heterocycles. The molecule has 0 bridgehead atoms. The van der Waals surface area contributed by atoms with Crippen molar-refractivity contribution in [1.29, 1.82) is 0 Å². The summed E-state index contributed by atoms with van der Waals surface area (Å²) < 4.78 is 16.6. The molecule has 306 valence electrons. The van der Waals surface area contributed by atoms with E-state index in [1.165, 1.54) is 0 Å². The van der Waals surface area contributed by atoms with Gasteiger partial charge in [-0.3, -0.25) is 14.4 Å². The molecule has 0 aromatic rings. The monoisotopic (exact) mass is 759 g/mol. The summed E-state index contributed by atoms with van der Waals surface area (Å²) in [7, 11) is 0. The van der Waals surface area contributed by atoms with Crippen LogP contribution in [0.3, 0.4) is 0 Å². The Bertz CT molecular complexity index is 1240. The predicted octanol–water partition coefficient (Wildman–Crippen LogP) is 13.4. The highest BCUT2D eigenvalue weighted by Gasteiger charge is 2.19. The third kappa shape index (κ3) is 40.8. The van der Waals surface area contributed by atoms with Gasteiger partial charge in [-0.1, -0.05) is 168 Å². The number of hydrogen-bond acceptors (Lipinski definition) is 6. The van der Waals surface area contributed by atoms with E-state index in [2.05, 4.69) is 87.6 Å². The molecule has 0 aliphatic heterocycles. The lowest BCUT2D eigenvalue weighted by Crippen LogP contribution is -2.30. The summed E-state index contributed by atoms with van der Waals surface area (Å²) in [5, 5.41) is 0. The normalized spacial score (nSPS) is 13.3. The largest absolute Gasteiger partial charge is 0.462 e. The SMILES string of the molecule is CC\C=C/C=C\C=C/C=C\C=C/CCCCCC(=O)OCC(COC(=O)CCCC/C=C\C/C=C\CC)OC(=O)CCCCCCC\C=C/C=C\C=C/CC. The first-order valence-electron chi connectivity index (χ1n) is 21.1. The van der Waals surface area contributed by atoms with Crippen LogP contribution in [-0.4, -0.2) is 37.2 Å². The molecular weight excluding hydrogens is 685 g/mol. The summed E-state index contributed by atoms with van der Waals surface area (Å²) >= 11 is 0. The van der Waals surface area contributed by atoms with Crippen molar-refractivity contribution in [2.45, 2.75) is 155 Å². The fraction of sp³-hybridized carbons (Fsp3) is 0.531. The van der Waals surface area contributed by atoms with Crippen molar-refractivity contribution >= 4 is 17.9 Å². The Hall–Kier alpha value is -4.19. The first kappa shape index (κ1) is 50.8. The maximum atomic E-state index is 12.7. The van der Waals surface area contributed by atoms with Crippen LogP contribution < -0.4 is 0 Å². The van der Waals surface area contributed by atoms with E-state index >= 15 is 0 Å². The molecule has 1 unspecified atom stereocenters. The highest BCUT2D eigenvalue weighted by Crippen LogP contribution is 2.11. The Kier molecular flexibility index (Phi) is 39.3. The molecule has 0 aliphatic carbocycles. The average Bonchev–Trinajstić information content (AvgIpc) is 3.18. The minimum Gasteiger partial charge on any atom is -0.462 e. The van der Waals surface area contributed by atoms with Gasteiger partial charge in [0.05, 0.1) is 0 Å². The molecule has 0 aromatic heterocycles. The van der Waals surface area contributed by atoms with Crippen LogP contribution in [0.2, 0.25) is 0 Å². The van der Waals surface area contributed by atoms with Crippen molar-refractivity contribution in [3.63, 3.8) is 0 Å². The molecule has 0 N–H and O–H groups in total. The van der Waals surface area contributed by atoms with Crippen molar-refractivity contribution in [2.24, 2.45) is 0 Å². The van der Waals surface area contributed by atoms with Crippen molar-refractivity contribution < 1.29 is 28.6 Å². The zero-order valence-corrected chi connectivity index (χ0v) is 34.6. The fourth-order valence-electron chi connectivity index (χ4n) is 5.03. The molecule has 6 heteroatoms. The van der Waals surface area contributed by atoms with Gasteiger partial charge in [-0.2, -0.15) is 0 Å². The Balaban J connectivity index is 4.55. The lowest BCUT2D eigenvalue weighted by Gasteiger charge is -2.18. The highest BCUT2D eigenvalue weighted by atomic mass is 16.6. The minimum atomic E-state index is -0.820. The molecule has 0 radical (unpaired) electrons. The number of hydrogen-bond donors (Lipinski definition) is 0. The van der Waals surface area contributed by atoms with Crippen molar-refractivity contribution in [3.05, 3.63) is 122 Å². The second-order valence-corrected chi connectivity index (χ2v) is 13.3. The molecule has 0 aromatic carbocycles. The first-order chi connectivity index (χ1) is 27.0. The van der Waals surface area contributed by atoms with Crippen LogP contribution in [0.4, 0.5) is 0 Å². The number of allylic oxidation sites excluding steroid dienone is 20. The smallest absolute Gasteiger partial charge is 0.306 e. The van der Waals surface area contributed by atoms with E-state index in [0.717, 1.165) is 109 Å². The number of carbonyl (C=O) groups excluding carboxylic acids is 3. The molecule has 0 fully saturated rings. The average molecular weight is 759 g/mol. The quantitative estimate of drug-likeness (QED) is 0.0210. The van der Waals surface area contributed by atoms with Gasteiger partial charge in [0, 0.05) is 19.3 Å². The molecule has 0 aliphatic rings. The highest BCUT2D eigenvalue weighted by molar-refractivity contribution is 5.71. The van der Waals surface area contributed by atoms with Gasteiger partial charge in [0.1, 0.15) is 13.2 Å². The number of esters is 3. The summed E-state index contributed by atoms with van der Waals surface area (Å²) in [6.45, 7) is 6.10. The van der Waals surface area contributed by atoms with Gasteiger partial charge in [0.2, 0.25) is 0 Å². The molecule has 0 rings (SSSR count). The molecule has 0 saturated heterocycles. The molecule has 1 atom stereocenters. The van der Waals surface area contributed by atoms with Gasteiger partial charge in [-0.15, -0.1) is 0 Å². The lowest BCUT2D eigenvalue weighted by molar-refractivity contribution is -0.167. The molecular formula is C49H74O6. The van der Waals surface area contributed by atoms with Crippen LogP contribution in [0, 0.1) is 0 Å². The topological polar surface area (TPSA) is 78.9 Å². The van der Waals surface area contributed by atoms with Crippen LogP contribution in [0.5, 0.6) is 0 Å². The van der Waals surface area contributed by atoms with Crippen LogP contribution in [0.1, 0.15) is 149 Å². The van der Waals surface area contributed by atoms with Gasteiger partial charge >= 0.3 is 17.9 Å². The van der Waals surface area contributed by atoms with Gasteiger partial charge in [0.15, 0.2) is 6.10 Å². The second kappa shape index (κ2) is 42.6. The molecule has 55 heavy (non-hydrogen) atoms. The van der Waals surface area contributed by atoms with E-state index in [0.29, 0.717) is 12.8 Å². The third-order valence-electron chi connectivity index (χ3n) is 8.13. The Morgan fingerprint density at radius 3 is 1.27 bits per heavy atom. The standard InChI is InChI=1S/C49H74O6/c1-4-7-10-13-16-19-21-23-24-26-27-30-33-36-39-42-48(51)54-45-46(44-53-47(50)41-38-35-32-29-18-15-12-9-6-3)55-49(52)43-40-37-34-31-28-25-22-20-17-14-11-8-5-2/h7-14,16-24,26-27,29,46H,4-6,15,25,28,30-45H2,1-3H3/b10-7-,11-8-,12-9-,16-13-,17-14-,21-19-,22-20-,24-23-,27-26-,29-18-. The fourth-order valence-corrected chi connectivity index (χ4v) is 5.03. The van der Waals surface area contributed by atoms with Crippen molar-refractivity contribution in [1.82, 2.24) is 0 Å². The van der Waals surface area contributed by atoms with E-state index < -0.39 is 6.10 Å². The van der Waals surface area contributed by atoms with Gasteiger partial charge in [-0.05, 0) is 83.5 Å². The molecule has 0 amide bonds. The van der Waals surface area contributed by atoms with Crippen molar-refractivity contribution in [2.75, 3.05) is 13.2 Å². The summed E-state index contributed by atoms with van der Waals surface area (Å²) in [6, 6.07) is 0. The zero-order valence-electron chi connectivity index (χ0n) is 34.6. The Morgan fingerprint density at radius 2 is 0.745 bits per heavy atom. The van der Waals surface area contributed by atoms with E-state index in [9.17, 15) is 14.4 Å². The first-order valence-corrected chi connectivity index (χ1v) is 21.1. The summed E-state index contributed by atoms with van der Waals surface area (Å²) in [4.78, 5) is 37.6. The second-order valence-electron chi connectivity index (χ2n) is 13.3. The summed E-state index contributed by atoms with van der Waals surface area (Å²) in [6.07, 6.45) is 57.6. The van der Waals surface area contributed by atoms with Crippen LogP contribution in [-0.2, 0) is 28.6 Å². The zero-order chi connectivity index (χ0) is 40.1. The molecule has 6 nitrogen and oxygen atoms in total. The predicted molar refractivity (Wildman–Crippen MR) is 233 cm³/mol.